The van der Waals surface area contributed by atoms with Crippen LogP contribution in [0.4, 0.5) is 17.1 Å². The molecule has 0 saturated heterocycles. The van der Waals surface area contributed by atoms with Gasteiger partial charge in [0, 0.05) is 30.4 Å². The van der Waals surface area contributed by atoms with Gasteiger partial charge in [-0.05, 0) is 61.5 Å². The number of amides is 2. The van der Waals surface area contributed by atoms with Gasteiger partial charge in [0.1, 0.15) is 0 Å². The van der Waals surface area contributed by atoms with E-state index in [1.165, 1.54) is 35.5 Å². The van der Waals surface area contributed by atoms with Crippen molar-refractivity contribution < 1.29 is 18.0 Å². The van der Waals surface area contributed by atoms with E-state index in [9.17, 15) is 18.0 Å². The molecule has 0 spiro atoms. The van der Waals surface area contributed by atoms with Gasteiger partial charge < -0.3 is 10.6 Å². The first-order valence-electron chi connectivity index (χ1n) is 9.68. The molecule has 3 aromatic rings. The Kier molecular flexibility index (Phi) is 6.71. The topological polar surface area (TPSA) is 95.6 Å². The molecule has 0 heterocycles. The Balaban J connectivity index is 1.78. The van der Waals surface area contributed by atoms with Crippen LogP contribution >= 0.6 is 0 Å². The van der Waals surface area contributed by atoms with Gasteiger partial charge in [0.05, 0.1) is 10.6 Å². The van der Waals surface area contributed by atoms with Crippen LogP contribution in [0.1, 0.15) is 24.2 Å². The molecule has 7 nitrogen and oxygen atoms in total. The molecule has 2 amide bonds. The third-order valence-corrected chi connectivity index (χ3v) is 6.39. The fourth-order valence-electron chi connectivity index (χ4n) is 3.07. The molecule has 0 aliphatic carbocycles. The number of nitrogens with zero attached hydrogens (tertiary/aromatic N) is 1. The molecule has 0 aliphatic heterocycles. The van der Waals surface area contributed by atoms with Gasteiger partial charge in [-0.2, -0.15) is 0 Å². The number of hydrogen-bond donors (Lipinski definition) is 2. The summed E-state index contributed by atoms with van der Waals surface area (Å²) in [5.74, 6) is -0.601. The quantitative estimate of drug-likeness (QED) is 0.581. The highest BCUT2D eigenvalue weighted by molar-refractivity contribution is 7.92. The molecule has 0 aliphatic rings. The predicted octanol–water partition coefficient (Wildman–Crippen LogP) is 4.11. The van der Waals surface area contributed by atoms with Crippen LogP contribution in [0.2, 0.25) is 0 Å². The zero-order chi connectivity index (χ0) is 22.4. The molecule has 160 valence electrons. The van der Waals surface area contributed by atoms with E-state index in [1.807, 2.05) is 6.07 Å². The van der Waals surface area contributed by atoms with Crippen molar-refractivity contribution >= 4 is 38.9 Å². The molecule has 8 heteroatoms. The average molecular weight is 438 g/mol. The first kappa shape index (κ1) is 22.0. The summed E-state index contributed by atoms with van der Waals surface area (Å²) in [6, 6.07) is 21.4. The van der Waals surface area contributed by atoms with E-state index in [0.29, 0.717) is 22.6 Å². The lowest BCUT2D eigenvalue weighted by atomic mass is 10.2. The highest BCUT2D eigenvalue weighted by atomic mass is 32.2. The maximum Gasteiger partial charge on any atom is 0.264 e. The van der Waals surface area contributed by atoms with Crippen LogP contribution in [0.3, 0.4) is 0 Å². The van der Waals surface area contributed by atoms with Gasteiger partial charge in [0.15, 0.2) is 0 Å². The van der Waals surface area contributed by atoms with Crippen LogP contribution in [-0.4, -0.2) is 26.8 Å². The number of anilines is 3. The number of hydrogen-bond acceptors (Lipinski definition) is 4. The monoisotopic (exact) mass is 437 g/mol. The summed E-state index contributed by atoms with van der Waals surface area (Å²) in [6.07, 6.45) is 0. The smallest absolute Gasteiger partial charge is 0.264 e. The van der Waals surface area contributed by atoms with Crippen molar-refractivity contribution in [1.29, 1.82) is 0 Å². The van der Waals surface area contributed by atoms with Crippen LogP contribution in [0, 0.1) is 0 Å². The summed E-state index contributed by atoms with van der Waals surface area (Å²) in [6.45, 7) is 3.44. The normalized spacial score (nSPS) is 10.9. The second-order valence-electron chi connectivity index (χ2n) is 6.75. The summed E-state index contributed by atoms with van der Waals surface area (Å²) in [5.41, 5.74) is 1.96. The lowest BCUT2D eigenvalue weighted by molar-refractivity contribution is -0.114. The summed E-state index contributed by atoms with van der Waals surface area (Å²) in [7, 11) is -3.76. The molecule has 3 aromatic carbocycles. The average Bonchev–Trinajstić information content (AvgIpc) is 2.75. The van der Waals surface area contributed by atoms with Crippen molar-refractivity contribution in [2.45, 2.75) is 18.7 Å². The third-order valence-electron chi connectivity index (χ3n) is 4.48. The fourth-order valence-corrected chi connectivity index (χ4v) is 4.55. The largest absolute Gasteiger partial charge is 0.326 e. The Hall–Kier alpha value is -3.65. The Labute approximate surface area is 181 Å². The van der Waals surface area contributed by atoms with Gasteiger partial charge in [0.2, 0.25) is 5.91 Å². The summed E-state index contributed by atoms with van der Waals surface area (Å²) in [4.78, 5) is 23.9. The molecule has 31 heavy (non-hydrogen) atoms. The standard InChI is InChI=1S/C23H23N3O4S/c1-3-26(21-10-5-4-6-11-21)31(29,30)22-14-12-18(13-15-22)23(28)25-20-9-7-8-19(16-20)24-17(2)27/h4-16H,3H2,1-2H3,(H,24,27)(H,25,28). The SMILES string of the molecule is CCN(c1ccccc1)S(=O)(=O)c1ccc(C(=O)Nc2cccc(NC(C)=O)c2)cc1. The van der Waals surface area contributed by atoms with Gasteiger partial charge in [-0.3, -0.25) is 13.9 Å². The number of rotatable bonds is 7. The molecule has 0 aromatic heterocycles. The first-order valence-corrected chi connectivity index (χ1v) is 11.1. The van der Waals surface area contributed by atoms with Crippen molar-refractivity contribution in [3.05, 3.63) is 84.4 Å². The highest BCUT2D eigenvalue weighted by Gasteiger charge is 2.23. The third kappa shape index (κ3) is 5.29. The summed E-state index contributed by atoms with van der Waals surface area (Å²) in [5, 5.41) is 5.39. The number of carbonyl (C=O) groups excluding carboxylic acids is 2. The minimum absolute atomic E-state index is 0.0995. The highest BCUT2D eigenvalue weighted by Crippen LogP contribution is 2.24. The van der Waals surface area contributed by atoms with E-state index in [-0.39, 0.29) is 23.3 Å². The van der Waals surface area contributed by atoms with Crippen molar-refractivity contribution in [3.8, 4) is 0 Å². The Morgan fingerprint density at radius 1 is 0.839 bits per heavy atom. The maximum atomic E-state index is 13.1. The number of para-hydroxylation sites is 1. The minimum atomic E-state index is -3.76. The van der Waals surface area contributed by atoms with Crippen LogP contribution in [0.15, 0.2) is 83.8 Å². The van der Waals surface area contributed by atoms with E-state index in [1.54, 1.807) is 55.5 Å². The zero-order valence-electron chi connectivity index (χ0n) is 17.2. The molecule has 3 rings (SSSR count). The molecular weight excluding hydrogens is 414 g/mol. The van der Waals surface area contributed by atoms with E-state index in [2.05, 4.69) is 10.6 Å². The van der Waals surface area contributed by atoms with Crippen molar-refractivity contribution in [3.63, 3.8) is 0 Å². The summed E-state index contributed by atoms with van der Waals surface area (Å²) >= 11 is 0. The number of benzene rings is 3. The van der Waals surface area contributed by atoms with E-state index in [0.717, 1.165) is 0 Å². The van der Waals surface area contributed by atoms with Gasteiger partial charge in [0.25, 0.3) is 15.9 Å². The van der Waals surface area contributed by atoms with Crippen molar-refractivity contribution in [1.82, 2.24) is 0 Å². The zero-order valence-corrected chi connectivity index (χ0v) is 18.0. The van der Waals surface area contributed by atoms with Gasteiger partial charge in [-0.25, -0.2) is 8.42 Å². The molecule has 0 unspecified atom stereocenters. The van der Waals surface area contributed by atoms with Gasteiger partial charge in [-0.1, -0.05) is 24.3 Å². The first-order chi connectivity index (χ1) is 14.8. The molecule has 0 bridgehead atoms. The van der Waals surface area contributed by atoms with Crippen molar-refractivity contribution in [2.75, 3.05) is 21.5 Å². The van der Waals surface area contributed by atoms with Crippen LogP contribution in [0.25, 0.3) is 0 Å². The number of carbonyl (C=O) groups is 2. The predicted molar refractivity (Wildman–Crippen MR) is 122 cm³/mol. The Morgan fingerprint density at radius 2 is 1.45 bits per heavy atom. The maximum absolute atomic E-state index is 13.1. The van der Waals surface area contributed by atoms with Crippen LogP contribution in [-0.2, 0) is 14.8 Å². The minimum Gasteiger partial charge on any atom is -0.326 e. The molecule has 0 fully saturated rings. The number of sulfonamides is 1. The Morgan fingerprint density at radius 3 is 2.03 bits per heavy atom. The van der Waals surface area contributed by atoms with E-state index < -0.39 is 10.0 Å². The van der Waals surface area contributed by atoms with Crippen LogP contribution < -0.4 is 14.9 Å². The second-order valence-corrected chi connectivity index (χ2v) is 8.61. The van der Waals surface area contributed by atoms with Gasteiger partial charge in [-0.15, -0.1) is 0 Å². The van der Waals surface area contributed by atoms with E-state index in [4.69, 9.17) is 0 Å². The van der Waals surface area contributed by atoms with E-state index >= 15 is 0 Å². The molecular formula is C23H23N3O4S. The number of nitrogens with one attached hydrogen (secondary N) is 2. The molecule has 2 N–H and O–H groups in total. The molecule has 0 saturated carbocycles. The lowest BCUT2D eigenvalue weighted by Crippen LogP contribution is -2.30. The fraction of sp³-hybridized carbons (Fsp3) is 0.130. The van der Waals surface area contributed by atoms with Gasteiger partial charge >= 0.3 is 0 Å². The van der Waals surface area contributed by atoms with Crippen molar-refractivity contribution in [2.24, 2.45) is 0 Å². The Bertz CT molecular complexity index is 1180. The second kappa shape index (κ2) is 9.44. The van der Waals surface area contributed by atoms with Crippen LogP contribution in [0.5, 0.6) is 0 Å². The lowest BCUT2D eigenvalue weighted by Gasteiger charge is -2.23. The molecule has 0 radical (unpaired) electrons. The molecule has 0 atom stereocenters. The summed E-state index contributed by atoms with van der Waals surface area (Å²) < 4.78 is 27.4.